The molecule has 0 atom stereocenters. The largest absolute Gasteiger partial charge is 0.487 e. The predicted octanol–water partition coefficient (Wildman–Crippen LogP) is 1.32. The van der Waals surface area contributed by atoms with Gasteiger partial charge in [-0.2, -0.15) is 0 Å². The molecular weight excluding hydrogens is 268 g/mol. The van der Waals surface area contributed by atoms with E-state index in [1.54, 1.807) is 31.3 Å². The molecule has 6 heteroatoms. The van der Waals surface area contributed by atoms with E-state index in [4.69, 9.17) is 16.3 Å². The molecule has 0 N–H and O–H groups in total. The average molecular weight is 281 g/mol. The van der Waals surface area contributed by atoms with E-state index in [1.165, 1.54) is 17.7 Å². The Kier molecular flexibility index (Phi) is 3.76. The van der Waals surface area contributed by atoms with Gasteiger partial charge in [-0.1, -0.05) is 11.6 Å². The highest BCUT2D eigenvalue weighted by atomic mass is 35.5. The van der Waals surface area contributed by atoms with Crippen molar-refractivity contribution in [3.05, 3.63) is 61.9 Å². The van der Waals surface area contributed by atoms with Crippen LogP contribution in [0.3, 0.4) is 0 Å². The van der Waals surface area contributed by atoms with Gasteiger partial charge in [0, 0.05) is 25.2 Å². The lowest BCUT2D eigenvalue weighted by Crippen LogP contribution is -2.38. The number of halogens is 1. The number of ether oxygens (including phenoxy) is 1. The molecule has 0 fully saturated rings. The molecule has 2 rings (SSSR count). The fourth-order valence-corrected chi connectivity index (χ4v) is 1.73. The Morgan fingerprint density at radius 3 is 2.37 bits per heavy atom. The second kappa shape index (κ2) is 5.32. The summed E-state index contributed by atoms with van der Waals surface area (Å²) in [4.78, 5) is 23.3. The third-order valence-electron chi connectivity index (χ3n) is 2.83. The lowest BCUT2D eigenvalue weighted by atomic mass is 10.3. The quantitative estimate of drug-likeness (QED) is 0.852. The van der Waals surface area contributed by atoms with Gasteiger partial charge in [0.25, 0.3) is 5.56 Å². The van der Waals surface area contributed by atoms with Crippen molar-refractivity contribution in [3.8, 4) is 5.75 Å². The molecule has 1 aromatic carbocycles. The van der Waals surface area contributed by atoms with E-state index in [-0.39, 0.29) is 17.9 Å². The third-order valence-corrected chi connectivity index (χ3v) is 3.08. The molecule has 1 heterocycles. The number of benzene rings is 1. The fourth-order valence-electron chi connectivity index (χ4n) is 1.60. The maximum atomic E-state index is 11.7. The summed E-state index contributed by atoms with van der Waals surface area (Å²) in [5.41, 5.74) is -0.205. The van der Waals surface area contributed by atoms with Crippen LogP contribution in [-0.4, -0.2) is 9.13 Å². The molecule has 0 aliphatic carbocycles. The van der Waals surface area contributed by atoms with Crippen LogP contribution < -0.4 is 16.0 Å². The first-order valence-corrected chi connectivity index (χ1v) is 6.01. The van der Waals surface area contributed by atoms with Crippen molar-refractivity contribution in [3.63, 3.8) is 0 Å². The van der Waals surface area contributed by atoms with Crippen molar-refractivity contribution in [2.75, 3.05) is 0 Å². The molecule has 19 heavy (non-hydrogen) atoms. The van der Waals surface area contributed by atoms with Crippen LogP contribution in [0.1, 0.15) is 5.69 Å². The molecule has 0 radical (unpaired) electrons. The van der Waals surface area contributed by atoms with Crippen LogP contribution in [0.25, 0.3) is 0 Å². The van der Waals surface area contributed by atoms with Crippen LogP contribution in [0.2, 0.25) is 5.02 Å². The van der Waals surface area contributed by atoms with Gasteiger partial charge >= 0.3 is 5.69 Å². The first-order valence-electron chi connectivity index (χ1n) is 5.63. The zero-order chi connectivity index (χ0) is 14.0. The summed E-state index contributed by atoms with van der Waals surface area (Å²) in [6.07, 6.45) is 0. The van der Waals surface area contributed by atoms with Gasteiger partial charge in [-0.05, 0) is 24.3 Å². The van der Waals surface area contributed by atoms with Crippen LogP contribution in [0, 0.1) is 0 Å². The highest BCUT2D eigenvalue weighted by molar-refractivity contribution is 6.30. The first kappa shape index (κ1) is 13.4. The normalized spacial score (nSPS) is 10.5. The van der Waals surface area contributed by atoms with Crippen LogP contribution in [0.4, 0.5) is 0 Å². The van der Waals surface area contributed by atoms with Gasteiger partial charge in [-0.25, -0.2) is 4.79 Å². The Morgan fingerprint density at radius 2 is 1.74 bits per heavy atom. The smallest absolute Gasteiger partial charge is 0.330 e. The number of rotatable bonds is 3. The molecule has 5 nitrogen and oxygen atoms in total. The standard InChI is InChI=1S/C13H13ClN2O3/c1-15-10(7-12(17)16(2)13(15)18)8-19-11-5-3-9(14)4-6-11/h3-7H,8H2,1-2H3. The fraction of sp³-hybridized carbons (Fsp3) is 0.231. The summed E-state index contributed by atoms with van der Waals surface area (Å²) in [7, 11) is 3.04. The summed E-state index contributed by atoms with van der Waals surface area (Å²) in [6.45, 7) is 0.142. The van der Waals surface area contributed by atoms with E-state index >= 15 is 0 Å². The van der Waals surface area contributed by atoms with E-state index in [1.807, 2.05) is 0 Å². The monoisotopic (exact) mass is 280 g/mol. The maximum Gasteiger partial charge on any atom is 0.330 e. The minimum absolute atomic E-state index is 0.142. The van der Waals surface area contributed by atoms with Gasteiger partial charge in [-0.15, -0.1) is 0 Å². The van der Waals surface area contributed by atoms with Crippen molar-refractivity contribution < 1.29 is 4.74 Å². The van der Waals surface area contributed by atoms with Crippen molar-refractivity contribution >= 4 is 11.6 Å². The van der Waals surface area contributed by atoms with E-state index in [0.29, 0.717) is 16.5 Å². The number of hydrogen-bond acceptors (Lipinski definition) is 3. The van der Waals surface area contributed by atoms with E-state index in [2.05, 4.69) is 0 Å². The molecule has 0 amide bonds. The van der Waals surface area contributed by atoms with Crippen LogP contribution >= 0.6 is 11.6 Å². The van der Waals surface area contributed by atoms with E-state index in [0.717, 1.165) is 4.57 Å². The summed E-state index contributed by atoms with van der Waals surface area (Å²) < 4.78 is 7.94. The molecule has 0 saturated heterocycles. The molecule has 2 aromatic rings. The van der Waals surface area contributed by atoms with Gasteiger partial charge < -0.3 is 4.74 Å². The molecule has 0 aliphatic heterocycles. The topological polar surface area (TPSA) is 53.2 Å². The highest BCUT2D eigenvalue weighted by Crippen LogP contribution is 2.16. The summed E-state index contributed by atoms with van der Waals surface area (Å²) in [6, 6.07) is 8.25. The SMILES string of the molecule is Cn1c(COc2ccc(Cl)cc2)cc(=O)n(C)c1=O. The first-order chi connectivity index (χ1) is 8.99. The Labute approximate surface area is 114 Å². The van der Waals surface area contributed by atoms with Gasteiger partial charge in [0.1, 0.15) is 12.4 Å². The molecular formula is C13H13ClN2O3. The Morgan fingerprint density at radius 1 is 1.11 bits per heavy atom. The van der Waals surface area contributed by atoms with Gasteiger partial charge in [0.2, 0.25) is 0 Å². The molecule has 0 saturated carbocycles. The predicted molar refractivity (Wildman–Crippen MR) is 72.7 cm³/mol. The Hall–Kier alpha value is -2.01. The van der Waals surface area contributed by atoms with Crippen LogP contribution in [0.15, 0.2) is 39.9 Å². The number of nitrogens with zero attached hydrogens (tertiary/aromatic N) is 2. The number of aromatic nitrogens is 2. The zero-order valence-corrected chi connectivity index (χ0v) is 11.3. The second-order valence-electron chi connectivity index (χ2n) is 4.12. The minimum Gasteiger partial charge on any atom is -0.487 e. The van der Waals surface area contributed by atoms with E-state index < -0.39 is 0 Å². The summed E-state index contributed by atoms with van der Waals surface area (Å²) >= 11 is 5.77. The van der Waals surface area contributed by atoms with E-state index in [9.17, 15) is 9.59 Å². The van der Waals surface area contributed by atoms with Crippen molar-refractivity contribution in [1.29, 1.82) is 0 Å². The molecule has 100 valence electrons. The van der Waals surface area contributed by atoms with Crippen LogP contribution in [-0.2, 0) is 20.7 Å². The third kappa shape index (κ3) is 2.88. The molecule has 0 bridgehead atoms. The average Bonchev–Trinajstić information content (AvgIpc) is 2.41. The zero-order valence-electron chi connectivity index (χ0n) is 10.6. The van der Waals surface area contributed by atoms with Crippen molar-refractivity contribution in [1.82, 2.24) is 9.13 Å². The molecule has 1 aromatic heterocycles. The van der Waals surface area contributed by atoms with Gasteiger partial charge in [0.15, 0.2) is 0 Å². The van der Waals surface area contributed by atoms with Crippen LogP contribution in [0.5, 0.6) is 5.75 Å². The molecule has 0 aliphatic rings. The Balaban J connectivity index is 2.23. The van der Waals surface area contributed by atoms with Crippen molar-refractivity contribution in [2.45, 2.75) is 6.61 Å². The van der Waals surface area contributed by atoms with Crippen molar-refractivity contribution in [2.24, 2.45) is 14.1 Å². The maximum absolute atomic E-state index is 11.7. The summed E-state index contributed by atoms with van der Waals surface area (Å²) in [5.74, 6) is 0.623. The number of hydrogen-bond donors (Lipinski definition) is 0. The molecule has 0 unspecified atom stereocenters. The lowest BCUT2D eigenvalue weighted by Gasteiger charge is -2.10. The van der Waals surface area contributed by atoms with Gasteiger partial charge in [0.05, 0.1) is 5.69 Å². The Bertz CT molecular complexity index is 701. The minimum atomic E-state index is -0.373. The summed E-state index contributed by atoms with van der Waals surface area (Å²) in [5, 5.41) is 0.619. The highest BCUT2D eigenvalue weighted by Gasteiger charge is 2.06. The lowest BCUT2D eigenvalue weighted by molar-refractivity contribution is 0.293. The second-order valence-corrected chi connectivity index (χ2v) is 4.55. The molecule has 0 spiro atoms. The van der Waals surface area contributed by atoms with Gasteiger partial charge in [-0.3, -0.25) is 13.9 Å².